The van der Waals surface area contributed by atoms with Crippen molar-refractivity contribution in [3.63, 3.8) is 0 Å². The molecule has 3 rings (SSSR count). The first-order valence-corrected chi connectivity index (χ1v) is 11.1. The lowest BCUT2D eigenvalue weighted by molar-refractivity contribution is -0.143. The van der Waals surface area contributed by atoms with E-state index in [1.807, 2.05) is 24.3 Å². The Labute approximate surface area is 188 Å². The molecule has 2 atom stereocenters. The number of nitrogens with one attached hydrogen (secondary N) is 1. The number of carbonyl (C=O) groups is 2. The molecule has 0 radical (unpaired) electrons. The van der Waals surface area contributed by atoms with Gasteiger partial charge in [0.1, 0.15) is 23.7 Å². The molecule has 0 bridgehead atoms. The molecule has 1 heterocycles. The number of alkyl carbamates (subject to hydrolysis) is 1. The third kappa shape index (κ3) is 6.45. The molecule has 2 aromatic rings. The minimum absolute atomic E-state index is 0.0588. The van der Waals surface area contributed by atoms with E-state index in [-0.39, 0.29) is 18.6 Å². The molecule has 1 aromatic carbocycles. The number of ether oxygens (including phenoxy) is 2. The van der Waals surface area contributed by atoms with Crippen LogP contribution in [0.15, 0.2) is 24.3 Å². The number of aromatic nitrogens is 3. The molecule has 1 aliphatic rings. The van der Waals surface area contributed by atoms with Gasteiger partial charge in [0.25, 0.3) is 0 Å². The second-order valence-corrected chi connectivity index (χ2v) is 8.66. The number of carboxylic acids is 1. The molecule has 2 N–H and O–H groups in total. The number of aliphatic carboxylic acids is 1. The molecule has 174 valence electrons. The number of hydrogen-bond donors (Lipinski definition) is 2. The van der Waals surface area contributed by atoms with Crippen molar-refractivity contribution in [2.75, 3.05) is 6.54 Å². The average molecular weight is 445 g/mol. The molecule has 2 unspecified atom stereocenters. The third-order valence-electron chi connectivity index (χ3n) is 5.68. The molecular formula is C23H32N4O5. The van der Waals surface area contributed by atoms with Gasteiger partial charge in [0.05, 0.1) is 12.0 Å². The van der Waals surface area contributed by atoms with E-state index in [1.165, 1.54) is 0 Å². The predicted octanol–water partition coefficient (Wildman–Crippen LogP) is 3.78. The maximum atomic E-state index is 11.9. The van der Waals surface area contributed by atoms with Gasteiger partial charge < -0.3 is 19.9 Å². The average Bonchev–Trinajstić information content (AvgIpc) is 3.13. The molecule has 32 heavy (non-hydrogen) atoms. The highest BCUT2D eigenvalue weighted by atomic mass is 16.5. The van der Waals surface area contributed by atoms with Gasteiger partial charge in [-0.15, -0.1) is 5.10 Å². The summed E-state index contributed by atoms with van der Waals surface area (Å²) >= 11 is 0. The number of hydrogen-bond acceptors (Lipinski definition) is 6. The van der Waals surface area contributed by atoms with Gasteiger partial charge >= 0.3 is 12.1 Å². The fourth-order valence-corrected chi connectivity index (χ4v) is 3.77. The largest absolute Gasteiger partial charge is 0.490 e. The Kier molecular flexibility index (Phi) is 8.08. The van der Waals surface area contributed by atoms with Crippen molar-refractivity contribution < 1.29 is 24.2 Å². The maximum absolute atomic E-state index is 11.9. The summed E-state index contributed by atoms with van der Waals surface area (Å²) in [5.74, 6) is 0.111. The van der Waals surface area contributed by atoms with Gasteiger partial charge in [0.15, 0.2) is 0 Å². The van der Waals surface area contributed by atoms with Gasteiger partial charge in [-0.05, 0) is 62.3 Å². The number of carbonyl (C=O) groups excluding carboxylic acids is 1. The van der Waals surface area contributed by atoms with Crippen LogP contribution in [-0.2, 0) is 23.2 Å². The summed E-state index contributed by atoms with van der Waals surface area (Å²) in [6, 6.07) is 7.45. The SMILES string of the molecule is CC(C)CCNC(=O)OCc1c(-c2ccc(OC3CCCC(C(=O)O)C3)cc2)nnn1C. The van der Waals surface area contributed by atoms with Crippen molar-refractivity contribution in [3.8, 4) is 17.0 Å². The molecule has 1 aliphatic carbocycles. The first-order chi connectivity index (χ1) is 15.3. The van der Waals surface area contributed by atoms with Crippen LogP contribution in [0, 0.1) is 11.8 Å². The van der Waals surface area contributed by atoms with Crippen LogP contribution in [0.5, 0.6) is 5.75 Å². The van der Waals surface area contributed by atoms with Gasteiger partial charge in [-0.1, -0.05) is 19.1 Å². The van der Waals surface area contributed by atoms with E-state index in [0.717, 1.165) is 24.8 Å². The molecule has 1 amide bonds. The lowest BCUT2D eigenvalue weighted by atomic mass is 9.87. The van der Waals surface area contributed by atoms with Crippen molar-refractivity contribution in [1.29, 1.82) is 0 Å². The van der Waals surface area contributed by atoms with Crippen LogP contribution >= 0.6 is 0 Å². The van der Waals surface area contributed by atoms with Crippen LogP contribution in [0.3, 0.4) is 0 Å². The zero-order chi connectivity index (χ0) is 23.1. The topological polar surface area (TPSA) is 116 Å². The van der Waals surface area contributed by atoms with Crippen molar-refractivity contribution in [1.82, 2.24) is 20.3 Å². The van der Waals surface area contributed by atoms with Gasteiger partial charge in [0.2, 0.25) is 0 Å². The Morgan fingerprint density at radius 3 is 2.69 bits per heavy atom. The molecule has 1 saturated carbocycles. The minimum Gasteiger partial charge on any atom is -0.490 e. The van der Waals surface area contributed by atoms with E-state index < -0.39 is 12.1 Å². The summed E-state index contributed by atoms with van der Waals surface area (Å²) in [6.45, 7) is 4.82. The fourth-order valence-electron chi connectivity index (χ4n) is 3.77. The van der Waals surface area contributed by atoms with Crippen molar-refractivity contribution >= 4 is 12.1 Å². The Bertz CT molecular complexity index is 910. The highest BCUT2D eigenvalue weighted by Gasteiger charge is 2.28. The Morgan fingerprint density at radius 2 is 2.00 bits per heavy atom. The van der Waals surface area contributed by atoms with Gasteiger partial charge in [-0.2, -0.15) is 0 Å². The molecule has 0 spiro atoms. The van der Waals surface area contributed by atoms with Crippen molar-refractivity contribution in [2.24, 2.45) is 18.9 Å². The molecule has 1 aromatic heterocycles. The van der Waals surface area contributed by atoms with Crippen LogP contribution < -0.4 is 10.1 Å². The van der Waals surface area contributed by atoms with Gasteiger partial charge in [-0.25, -0.2) is 9.48 Å². The highest BCUT2D eigenvalue weighted by Crippen LogP contribution is 2.29. The number of carboxylic acid groups (broad SMARTS) is 1. The monoisotopic (exact) mass is 444 g/mol. The van der Waals surface area contributed by atoms with Gasteiger partial charge in [0, 0.05) is 19.2 Å². The lowest BCUT2D eigenvalue weighted by Crippen LogP contribution is -2.29. The van der Waals surface area contributed by atoms with Crippen LogP contribution in [0.25, 0.3) is 11.3 Å². The normalized spacial score (nSPS) is 18.4. The second-order valence-electron chi connectivity index (χ2n) is 8.66. The summed E-state index contributed by atoms with van der Waals surface area (Å²) in [4.78, 5) is 23.2. The second kappa shape index (κ2) is 11.0. The molecule has 9 heteroatoms. The summed E-state index contributed by atoms with van der Waals surface area (Å²) in [6.07, 6.45) is 3.28. The van der Waals surface area contributed by atoms with E-state index in [2.05, 4.69) is 29.5 Å². The molecular weight excluding hydrogens is 412 g/mol. The van der Waals surface area contributed by atoms with Crippen molar-refractivity contribution in [2.45, 2.75) is 58.7 Å². The van der Waals surface area contributed by atoms with E-state index >= 15 is 0 Å². The maximum Gasteiger partial charge on any atom is 0.407 e. The molecule has 1 fully saturated rings. The minimum atomic E-state index is -0.750. The summed E-state index contributed by atoms with van der Waals surface area (Å²) in [5.41, 5.74) is 2.16. The Morgan fingerprint density at radius 1 is 1.25 bits per heavy atom. The summed E-state index contributed by atoms with van der Waals surface area (Å²) in [5, 5.41) is 20.3. The number of rotatable bonds is 9. The highest BCUT2D eigenvalue weighted by molar-refractivity contribution is 5.70. The van der Waals surface area contributed by atoms with Gasteiger partial charge in [-0.3, -0.25) is 4.79 Å². The number of amides is 1. The van der Waals surface area contributed by atoms with Crippen LogP contribution in [0.1, 0.15) is 51.6 Å². The zero-order valence-electron chi connectivity index (χ0n) is 18.9. The number of nitrogens with zero attached hydrogens (tertiary/aromatic N) is 3. The molecule has 0 saturated heterocycles. The predicted molar refractivity (Wildman–Crippen MR) is 118 cm³/mol. The number of benzene rings is 1. The van der Waals surface area contributed by atoms with E-state index in [1.54, 1.807) is 11.7 Å². The molecule has 9 nitrogen and oxygen atoms in total. The quantitative estimate of drug-likeness (QED) is 0.605. The van der Waals surface area contributed by atoms with Crippen LogP contribution in [-0.4, -0.2) is 44.8 Å². The Hall–Kier alpha value is -3.10. The van der Waals surface area contributed by atoms with E-state index in [0.29, 0.717) is 42.4 Å². The van der Waals surface area contributed by atoms with Crippen LogP contribution in [0.2, 0.25) is 0 Å². The third-order valence-corrected chi connectivity index (χ3v) is 5.68. The smallest absolute Gasteiger partial charge is 0.407 e. The van der Waals surface area contributed by atoms with Crippen LogP contribution in [0.4, 0.5) is 4.79 Å². The Balaban J connectivity index is 1.59. The summed E-state index contributed by atoms with van der Waals surface area (Å²) < 4.78 is 12.9. The standard InChI is InChI=1S/C23H32N4O5/c1-15(2)11-12-24-23(30)31-14-20-21(25-26-27(20)3)16-7-9-18(10-8-16)32-19-6-4-5-17(13-19)22(28)29/h7-10,15,17,19H,4-6,11-14H2,1-3H3,(H,24,30)(H,28,29). The number of aryl methyl sites for hydroxylation is 1. The van der Waals surface area contributed by atoms with E-state index in [4.69, 9.17) is 9.47 Å². The fraction of sp³-hybridized carbons (Fsp3) is 0.565. The zero-order valence-corrected chi connectivity index (χ0v) is 18.9. The lowest BCUT2D eigenvalue weighted by Gasteiger charge is -2.27. The first kappa shape index (κ1) is 23.6. The van der Waals surface area contributed by atoms with E-state index in [9.17, 15) is 14.7 Å². The summed E-state index contributed by atoms with van der Waals surface area (Å²) in [7, 11) is 1.76. The first-order valence-electron chi connectivity index (χ1n) is 11.1. The molecule has 0 aliphatic heterocycles. The van der Waals surface area contributed by atoms with Crippen molar-refractivity contribution in [3.05, 3.63) is 30.0 Å².